The van der Waals surface area contributed by atoms with Crippen LogP contribution in [0.1, 0.15) is 0 Å². The van der Waals surface area contributed by atoms with Crippen LogP contribution in [0.3, 0.4) is 0 Å². The molecule has 0 spiro atoms. The van der Waals surface area contributed by atoms with Gasteiger partial charge in [0.2, 0.25) is 0 Å². The van der Waals surface area contributed by atoms with Gasteiger partial charge in [-0.3, -0.25) is 0 Å². The first kappa shape index (κ1) is 23.7. The minimum absolute atomic E-state index is 0.612. The standard InChI is InChI=1S/C30H27O4PSi/c1-6-16-26(17-7-1)31-35(32-27-18-8-2-9-19-27,33-28-20-10-3-11-21-28,34-29-22-12-4-13-23-29)36-30-24-14-5-15-25-30/h1-25H,36H2. The van der Waals surface area contributed by atoms with E-state index in [4.69, 9.17) is 18.1 Å². The Bertz CT molecular complexity index is 1100. The first-order valence-electron chi connectivity index (χ1n) is 11.8. The summed E-state index contributed by atoms with van der Waals surface area (Å²) in [5.74, 6) is 2.45. The maximum atomic E-state index is 6.93. The molecular formula is C30H27O4PSi. The van der Waals surface area contributed by atoms with Gasteiger partial charge in [-0.25, -0.2) is 0 Å². The van der Waals surface area contributed by atoms with Crippen LogP contribution in [-0.2, 0) is 0 Å². The Hall–Kier alpha value is -4.05. The van der Waals surface area contributed by atoms with Crippen molar-refractivity contribution in [3.8, 4) is 23.0 Å². The zero-order valence-electron chi connectivity index (χ0n) is 19.7. The van der Waals surface area contributed by atoms with Crippen molar-refractivity contribution >= 4 is 21.4 Å². The minimum atomic E-state index is -4.43. The van der Waals surface area contributed by atoms with E-state index in [0.717, 1.165) is 5.19 Å². The molecule has 180 valence electrons. The first-order chi connectivity index (χ1) is 17.7. The Balaban J connectivity index is 1.76. The molecule has 0 aromatic heterocycles. The number of benzene rings is 5. The van der Waals surface area contributed by atoms with Crippen LogP contribution in [0.2, 0.25) is 0 Å². The zero-order chi connectivity index (χ0) is 24.5. The van der Waals surface area contributed by atoms with Crippen molar-refractivity contribution < 1.29 is 18.1 Å². The van der Waals surface area contributed by atoms with Gasteiger partial charge in [-0.05, 0) is 0 Å². The SMILES string of the molecule is c1ccc(OP(Oc2ccccc2)(Oc2ccccc2)(Oc2ccccc2)[SiH2]c2ccccc2)cc1. The van der Waals surface area contributed by atoms with Crippen molar-refractivity contribution in [3.05, 3.63) is 152 Å². The summed E-state index contributed by atoms with van der Waals surface area (Å²) in [4.78, 5) is 0. The Morgan fingerprint density at radius 1 is 0.333 bits per heavy atom. The summed E-state index contributed by atoms with van der Waals surface area (Å²) < 4.78 is 27.7. The summed E-state index contributed by atoms with van der Waals surface area (Å²) in [6.45, 7) is 0. The van der Waals surface area contributed by atoms with Crippen LogP contribution in [0.15, 0.2) is 152 Å². The van der Waals surface area contributed by atoms with E-state index in [9.17, 15) is 0 Å². The second kappa shape index (κ2) is 10.7. The molecule has 0 amide bonds. The predicted molar refractivity (Wildman–Crippen MR) is 150 cm³/mol. The molecule has 5 aromatic carbocycles. The van der Waals surface area contributed by atoms with Gasteiger partial charge in [-0.15, -0.1) is 0 Å². The van der Waals surface area contributed by atoms with Crippen LogP contribution in [0, 0.1) is 0 Å². The van der Waals surface area contributed by atoms with Gasteiger partial charge in [0.25, 0.3) is 0 Å². The van der Waals surface area contributed by atoms with Crippen molar-refractivity contribution in [2.45, 2.75) is 0 Å². The number of hydrogen-bond acceptors (Lipinski definition) is 4. The normalized spacial score (nSPS) is 12.4. The van der Waals surface area contributed by atoms with Crippen LogP contribution < -0.4 is 23.3 Å². The second-order valence-electron chi connectivity index (χ2n) is 8.22. The van der Waals surface area contributed by atoms with Crippen molar-refractivity contribution in [1.82, 2.24) is 0 Å². The van der Waals surface area contributed by atoms with Crippen molar-refractivity contribution in [2.24, 2.45) is 0 Å². The molecule has 5 rings (SSSR count). The van der Waals surface area contributed by atoms with E-state index in [1.54, 1.807) is 0 Å². The molecule has 0 heterocycles. The molecule has 0 aliphatic rings. The molecule has 0 saturated carbocycles. The fourth-order valence-electron chi connectivity index (χ4n) is 3.86. The summed E-state index contributed by atoms with van der Waals surface area (Å²) in [5.41, 5.74) is 0. The fourth-order valence-corrected chi connectivity index (χ4v) is 12.5. The maximum absolute atomic E-state index is 6.93. The van der Waals surface area contributed by atoms with E-state index in [1.165, 1.54) is 0 Å². The molecule has 5 aromatic rings. The second-order valence-corrected chi connectivity index (χ2v) is 16.1. The van der Waals surface area contributed by atoms with Gasteiger partial charge < -0.3 is 0 Å². The van der Waals surface area contributed by atoms with E-state index in [-0.39, 0.29) is 0 Å². The quantitative estimate of drug-likeness (QED) is 0.151. The molecule has 0 unspecified atom stereocenters. The molecule has 0 fully saturated rings. The molecule has 4 nitrogen and oxygen atoms in total. The van der Waals surface area contributed by atoms with Gasteiger partial charge in [-0.2, -0.15) is 0 Å². The van der Waals surface area contributed by atoms with Crippen LogP contribution >= 0.6 is 7.06 Å². The molecule has 0 saturated heterocycles. The summed E-state index contributed by atoms with van der Waals surface area (Å²) in [6.07, 6.45) is 0. The van der Waals surface area contributed by atoms with Crippen LogP contribution in [-0.4, -0.2) is 9.19 Å². The van der Waals surface area contributed by atoms with E-state index < -0.39 is 16.2 Å². The third kappa shape index (κ3) is 5.77. The molecule has 6 heteroatoms. The van der Waals surface area contributed by atoms with Crippen molar-refractivity contribution in [2.75, 3.05) is 0 Å². The third-order valence-electron chi connectivity index (χ3n) is 5.38. The summed E-state index contributed by atoms with van der Waals surface area (Å²) in [5, 5.41) is 1.09. The summed E-state index contributed by atoms with van der Waals surface area (Å²) in [6, 6.07) is 48.6. The van der Waals surface area contributed by atoms with Crippen molar-refractivity contribution in [1.29, 1.82) is 0 Å². The Kier molecular flexibility index (Phi) is 7.03. The monoisotopic (exact) mass is 510 g/mol. The zero-order valence-corrected chi connectivity index (χ0v) is 22.0. The van der Waals surface area contributed by atoms with E-state index in [0.29, 0.717) is 23.0 Å². The van der Waals surface area contributed by atoms with E-state index >= 15 is 0 Å². The van der Waals surface area contributed by atoms with Crippen LogP contribution in [0.5, 0.6) is 23.0 Å². The number of hydrogen-bond donors (Lipinski definition) is 0. The Morgan fingerprint density at radius 2 is 0.583 bits per heavy atom. The molecule has 0 aliphatic heterocycles. The first-order valence-corrected chi connectivity index (χ1v) is 16.5. The van der Waals surface area contributed by atoms with Gasteiger partial charge in [0.05, 0.1) is 0 Å². The Morgan fingerprint density at radius 3 is 0.861 bits per heavy atom. The average Bonchev–Trinajstić information content (AvgIpc) is 2.91. The molecule has 0 radical (unpaired) electrons. The predicted octanol–water partition coefficient (Wildman–Crippen LogP) is 6.93. The van der Waals surface area contributed by atoms with Crippen LogP contribution in [0.4, 0.5) is 0 Å². The number of rotatable bonds is 10. The van der Waals surface area contributed by atoms with Gasteiger partial charge in [0, 0.05) is 0 Å². The summed E-state index contributed by atoms with van der Waals surface area (Å²) in [7, 11) is -5.98. The average molecular weight is 511 g/mol. The molecule has 0 bridgehead atoms. The molecule has 0 N–H and O–H groups in total. The van der Waals surface area contributed by atoms with E-state index in [1.807, 2.05) is 140 Å². The fraction of sp³-hybridized carbons (Fsp3) is 0. The van der Waals surface area contributed by atoms with Crippen molar-refractivity contribution in [3.63, 3.8) is 0 Å². The molecule has 0 aliphatic carbocycles. The third-order valence-corrected chi connectivity index (χ3v) is 13.2. The van der Waals surface area contributed by atoms with Gasteiger partial charge >= 0.3 is 214 Å². The van der Waals surface area contributed by atoms with Crippen LogP contribution in [0.25, 0.3) is 0 Å². The van der Waals surface area contributed by atoms with Gasteiger partial charge in [-0.1, -0.05) is 0 Å². The topological polar surface area (TPSA) is 36.9 Å². The van der Waals surface area contributed by atoms with Gasteiger partial charge in [0.15, 0.2) is 0 Å². The van der Waals surface area contributed by atoms with Gasteiger partial charge in [0.1, 0.15) is 0 Å². The number of para-hydroxylation sites is 4. The van der Waals surface area contributed by atoms with E-state index in [2.05, 4.69) is 12.1 Å². The Labute approximate surface area is 214 Å². The molecular weight excluding hydrogens is 483 g/mol. The molecule has 36 heavy (non-hydrogen) atoms. The molecule has 0 atom stereocenters. The summed E-state index contributed by atoms with van der Waals surface area (Å²) >= 11 is 0.